The Morgan fingerprint density at radius 1 is 1.04 bits per heavy atom. The molecule has 0 aliphatic rings. The van der Waals surface area contributed by atoms with E-state index in [1.165, 1.54) is 0 Å². The first-order valence-electron chi connectivity index (χ1n) is 9.11. The van der Waals surface area contributed by atoms with E-state index in [4.69, 9.17) is 14.2 Å². The maximum atomic E-state index is 14.9. The smallest absolute Gasteiger partial charge is 0.342 e. The van der Waals surface area contributed by atoms with Crippen LogP contribution in [0.15, 0.2) is 30.3 Å². The van der Waals surface area contributed by atoms with Gasteiger partial charge < -0.3 is 19.3 Å². The van der Waals surface area contributed by atoms with E-state index < -0.39 is 40.8 Å². The van der Waals surface area contributed by atoms with Crippen molar-refractivity contribution in [3.8, 4) is 17.2 Å². The molecule has 2 aromatic rings. The fourth-order valence-corrected chi connectivity index (χ4v) is 2.46. The van der Waals surface area contributed by atoms with E-state index in [0.717, 1.165) is 12.0 Å². The molecule has 0 saturated heterocycles. The van der Waals surface area contributed by atoms with E-state index in [1.807, 2.05) is 13.0 Å². The van der Waals surface area contributed by atoms with Crippen molar-refractivity contribution in [3.05, 3.63) is 53.1 Å². The van der Waals surface area contributed by atoms with Gasteiger partial charge in [-0.2, -0.15) is 0 Å². The first-order chi connectivity index (χ1) is 13.4. The number of ether oxygens (including phenoxy) is 3. The van der Waals surface area contributed by atoms with Crippen molar-refractivity contribution >= 4 is 5.97 Å². The lowest BCUT2D eigenvalue weighted by molar-refractivity contribution is 0.0682. The average molecular weight is 394 g/mol. The molecule has 0 unspecified atom stereocenters. The largest absolute Gasteiger partial charge is 0.486 e. The van der Waals surface area contributed by atoms with E-state index in [9.17, 15) is 18.7 Å². The Morgan fingerprint density at radius 2 is 1.68 bits per heavy atom. The van der Waals surface area contributed by atoms with Gasteiger partial charge in [0.25, 0.3) is 0 Å². The molecule has 2 rings (SSSR count). The molecule has 5 nitrogen and oxygen atoms in total. The highest BCUT2D eigenvalue weighted by atomic mass is 19.1. The third-order valence-electron chi connectivity index (χ3n) is 3.79. The summed E-state index contributed by atoms with van der Waals surface area (Å²) in [4.78, 5) is 11.4. The molecular weight excluding hydrogens is 370 g/mol. The average Bonchev–Trinajstić information content (AvgIpc) is 2.64. The van der Waals surface area contributed by atoms with Crippen molar-refractivity contribution in [2.75, 3.05) is 6.61 Å². The number of carbonyl (C=O) groups is 1. The Hall–Kier alpha value is -2.83. The standard InChI is InChI=1S/C21H24F2O5/c1-4-5-11-26-20-18(27-12-14-9-7-6-8-10-14)16(22)15(21(24)25)17(23)19(20)28-13(2)3/h6-10,13H,4-5,11-12H2,1-3H3,(H,24,25). The van der Waals surface area contributed by atoms with Gasteiger partial charge in [-0.15, -0.1) is 0 Å². The lowest BCUT2D eigenvalue weighted by Crippen LogP contribution is -2.15. The first-order valence-corrected chi connectivity index (χ1v) is 9.11. The van der Waals surface area contributed by atoms with Crippen LogP contribution in [0.2, 0.25) is 0 Å². The molecule has 7 heteroatoms. The molecule has 28 heavy (non-hydrogen) atoms. The van der Waals surface area contributed by atoms with Gasteiger partial charge in [0.1, 0.15) is 12.2 Å². The van der Waals surface area contributed by atoms with Crippen LogP contribution in [-0.2, 0) is 6.61 Å². The summed E-state index contributed by atoms with van der Waals surface area (Å²) in [6.07, 6.45) is 0.958. The quantitative estimate of drug-likeness (QED) is 0.561. The maximum Gasteiger partial charge on any atom is 0.342 e. The highest BCUT2D eigenvalue weighted by Crippen LogP contribution is 2.45. The zero-order chi connectivity index (χ0) is 20.7. The normalized spacial score (nSPS) is 10.8. The number of hydrogen-bond donors (Lipinski definition) is 1. The second kappa shape index (κ2) is 9.92. The molecule has 0 saturated carbocycles. The van der Waals surface area contributed by atoms with Gasteiger partial charge in [0, 0.05) is 0 Å². The molecule has 0 aliphatic heterocycles. The van der Waals surface area contributed by atoms with Gasteiger partial charge in [0.05, 0.1) is 12.7 Å². The summed E-state index contributed by atoms with van der Waals surface area (Å²) in [7, 11) is 0. The van der Waals surface area contributed by atoms with Crippen molar-refractivity contribution in [1.29, 1.82) is 0 Å². The Kier molecular flexibility index (Phi) is 7.61. The maximum absolute atomic E-state index is 14.9. The van der Waals surface area contributed by atoms with Crippen molar-refractivity contribution in [2.45, 2.75) is 46.3 Å². The molecule has 0 atom stereocenters. The zero-order valence-corrected chi connectivity index (χ0v) is 16.1. The minimum Gasteiger partial charge on any atom is -0.486 e. The fraction of sp³-hybridized carbons (Fsp3) is 0.381. The van der Waals surface area contributed by atoms with Crippen molar-refractivity contribution < 1.29 is 32.9 Å². The molecule has 0 fully saturated rings. The second-order valence-corrected chi connectivity index (χ2v) is 6.44. The second-order valence-electron chi connectivity index (χ2n) is 6.44. The van der Waals surface area contributed by atoms with Crippen LogP contribution in [0, 0.1) is 11.6 Å². The minimum absolute atomic E-state index is 0.0479. The van der Waals surface area contributed by atoms with Crippen LogP contribution in [0.25, 0.3) is 0 Å². The van der Waals surface area contributed by atoms with Gasteiger partial charge in [-0.25, -0.2) is 13.6 Å². The SMILES string of the molecule is CCCCOc1c(OCc2ccccc2)c(F)c(C(=O)O)c(F)c1OC(C)C. The number of halogens is 2. The molecular formula is C21H24F2O5. The molecule has 0 heterocycles. The highest BCUT2D eigenvalue weighted by Gasteiger charge is 2.32. The summed E-state index contributed by atoms with van der Waals surface area (Å²) in [5.41, 5.74) is -0.407. The molecule has 152 valence electrons. The first kappa shape index (κ1) is 21.5. The number of benzene rings is 2. The molecule has 0 aromatic heterocycles. The topological polar surface area (TPSA) is 65.0 Å². The van der Waals surface area contributed by atoms with Crippen LogP contribution in [0.4, 0.5) is 8.78 Å². The van der Waals surface area contributed by atoms with Crippen LogP contribution in [-0.4, -0.2) is 23.8 Å². The Balaban J connectivity index is 2.55. The van der Waals surface area contributed by atoms with Gasteiger partial charge in [0.15, 0.2) is 11.6 Å². The lowest BCUT2D eigenvalue weighted by Gasteiger charge is -2.21. The summed E-state index contributed by atoms with van der Waals surface area (Å²) in [6.45, 7) is 5.36. The zero-order valence-electron chi connectivity index (χ0n) is 16.1. The van der Waals surface area contributed by atoms with Gasteiger partial charge in [0.2, 0.25) is 17.2 Å². The molecule has 1 N–H and O–H groups in total. The van der Waals surface area contributed by atoms with Crippen LogP contribution in [0.5, 0.6) is 17.2 Å². The number of aromatic carboxylic acids is 1. The molecule has 0 radical (unpaired) electrons. The van der Waals surface area contributed by atoms with Crippen molar-refractivity contribution in [1.82, 2.24) is 0 Å². The third-order valence-corrected chi connectivity index (χ3v) is 3.79. The van der Waals surface area contributed by atoms with Crippen LogP contribution >= 0.6 is 0 Å². The number of carboxylic acid groups (broad SMARTS) is 1. The Morgan fingerprint density at radius 3 is 2.25 bits per heavy atom. The highest BCUT2D eigenvalue weighted by molar-refractivity contribution is 5.90. The summed E-state index contributed by atoms with van der Waals surface area (Å²) in [6, 6.07) is 8.92. The fourth-order valence-electron chi connectivity index (χ4n) is 2.46. The monoisotopic (exact) mass is 394 g/mol. The minimum atomic E-state index is -1.76. The summed E-state index contributed by atoms with van der Waals surface area (Å²) in [5, 5.41) is 9.29. The number of rotatable bonds is 10. The number of hydrogen-bond acceptors (Lipinski definition) is 4. The van der Waals surface area contributed by atoms with Crippen LogP contribution < -0.4 is 14.2 Å². The summed E-state index contributed by atoms with van der Waals surface area (Å²) >= 11 is 0. The van der Waals surface area contributed by atoms with E-state index in [-0.39, 0.29) is 19.0 Å². The van der Waals surface area contributed by atoms with Gasteiger partial charge in [-0.3, -0.25) is 0 Å². The van der Waals surface area contributed by atoms with Crippen LogP contribution in [0.1, 0.15) is 49.5 Å². The third kappa shape index (κ3) is 5.12. The molecule has 0 aliphatic carbocycles. The van der Waals surface area contributed by atoms with Gasteiger partial charge in [-0.05, 0) is 25.8 Å². The molecule has 0 amide bonds. The number of carboxylic acids is 1. The predicted molar refractivity (Wildman–Crippen MR) is 100 cm³/mol. The number of unbranched alkanes of at least 4 members (excludes halogenated alkanes) is 1. The van der Waals surface area contributed by atoms with E-state index in [2.05, 4.69) is 0 Å². The summed E-state index contributed by atoms with van der Waals surface area (Å²) < 4.78 is 46.2. The molecule has 0 bridgehead atoms. The van der Waals surface area contributed by atoms with Crippen LogP contribution in [0.3, 0.4) is 0 Å². The van der Waals surface area contributed by atoms with Crippen molar-refractivity contribution in [3.63, 3.8) is 0 Å². The molecule has 2 aromatic carbocycles. The Labute approximate surface area is 162 Å². The van der Waals surface area contributed by atoms with Crippen molar-refractivity contribution in [2.24, 2.45) is 0 Å². The Bertz CT molecular complexity index is 806. The van der Waals surface area contributed by atoms with Gasteiger partial charge in [-0.1, -0.05) is 43.7 Å². The van der Waals surface area contributed by atoms with E-state index in [0.29, 0.717) is 6.42 Å². The lowest BCUT2D eigenvalue weighted by atomic mass is 10.1. The molecule has 0 spiro atoms. The van der Waals surface area contributed by atoms with E-state index in [1.54, 1.807) is 38.1 Å². The summed E-state index contributed by atoms with van der Waals surface area (Å²) in [5.74, 6) is -5.62. The predicted octanol–water partition coefficient (Wildman–Crippen LogP) is 5.21. The van der Waals surface area contributed by atoms with E-state index >= 15 is 0 Å². The van der Waals surface area contributed by atoms with Gasteiger partial charge >= 0.3 is 5.97 Å².